The molecule has 1 aliphatic heterocycles. The zero-order valence-electron chi connectivity index (χ0n) is 21.2. The maximum atomic E-state index is 14.3. The quantitative estimate of drug-likeness (QED) is 0.455. The molecule has 9 atom stereocenters. The fourth-order valence-corrected chi connectivity index (χ4v) is 7.02. The van der Waals surface area contributed by atoms with Crippen LogP contribution >= 0.6 is 0 Å². The van der Waals surface area contributed by atoms with Crippen LogP contribution in [0.5, 0.6) is 0 Å². The molecule has 2 fully saturated rings. The first-order valence-corrected chi connectivity index (χ1v) is 12.7. The van der Waals surface area contributed by atoms with E-state index in [2.05, 4.69) is 11.9 Å². The van der Waals surface area contributed by atoms with E-state index in [9.17, 15) is 19.8 Å². The normalized spacial score (nSPS) is 43.0. The van der Waals surface area contributed by atoms with Gasteiger partial charge in [0, 0.05) is 31.4 Å². The second-order valence-corrected chi connectivity index (χ2v) is 11.2. The first kappa shape index (κ1) is 25.8. The van der Waals surface area contributed by atoms with Crippen LogP contribution < -0.4 is 5.32 Å². The molecule has 0 bridgehead atoms. The number of aliphatic hydroxyl groups is 2. The summed E-state index contributed by atoms with van der Waals surface area (Å²) in [7, 11) is 1.49. The van der Waals surface area contributed by atoms with Crippen LogP contribution in [0.1, 0.15) is 45.6 Å². The SMILES string of the molecule is C=C1[C@@H](C)[C@H]2[C@H](Cc3ccccc3)NC(=O)[C@]23C(=O)C[C@@H](OC)[C@@](C)(O)C[C@@H](C)C/C=C/[C@H]3[C@@H]1O. The van der Waals surface area contributed by atoms with Crippen molar-refractivity contribution in [2.45, 2.75) is 70.3 Å². The Morgan fingerprint density at radius 2 is 1.89 bits per heavy atom. The highest BCUT2D eigenvalue weighted by Crippen LogP contribution is 2.57. The minimum atomic E-state index is -1.46. The molecule has 3 N–H and O–H groups in total. The Morgan fingerprint density at radius 1 is 1.20 bits per heavy atom. The molecule has 1 saturated carbocycles. The predicted octanol–water partition coefficient (Wildman–Crippen LogP) is 3.22. The van der Waals surface area contributed by atoms with Gasteiger partial charge in [-0.3, -0.25) is 9.59 Å². The number of rotatable bonds is 3. The molecule has 1 aromatic rings. The number of carbonyl (C=O) groups excluding carboxylic acids is 2. The topological polar surface area (TPSA) is 95.9 Å². The van der Waals surface area contributed by atoms with E-state index < -0.39 is 29.1 Å². The molecule has 1 aromatic carbocycles. The third-order valence-corrected chi connectivity index (χ3v) is 8.77. The van der Waals surface area contributed by atoms with Crippen LogP contribution in [0.25, 0.3) is 0 Å². The van der Waals surface area contributed by atoms with Gasteiger partial charge in [-0.25, -0.2) is 0 Å². The molecular weight excluding hydrogens is 442 g/mol. The molecule has 1 heterocycles. The van der Waals surface area contributed by atoms with Gasteiger partial charge in [-0.1, -0.05) is 62.9 Å². The van der Waals surface area contributed by atoms with Gasteiger partial charge >= 0.3 is 0 Å². The molecule has 2 aliphatic carbocycles. The van der Waals surface area contributed by atoms with E-state index >= 15 is 0 Å². The van der Waals surface area contributed by atoms with E-state index in [4.69, 9.17) is 4.74 Å². The number of Topliss-reactive ketones (excluding diaryl/α,β-unsaturated/α-hetero) is 1. The summed E-state index contributed by atoms with van der Waals surface area (Å²) in [5.41, 5.74) is -0.969. The van der Waals surface area contributed by atoms with E-state index in [-0.39, 0.29) is 41.9 Å². The minimum Gasteiger partial charge on any atom is -0.388 e. The summed E-state index contributed by atoms with van der Waals surface area (Å²) in [6.45, 7) is 9.90. The van der Waals surface area contributed by atoms with Gasteiger partial charge in [0.2, 0.25) is 5.91 Å². The Morgan fingerprint density at radius 3 is 2.54 bits per heavy atom. The maximum Gasteiger partial charge on any atom is 0.235 e. The largest absolute Gasteiger partial charge is 0.388 e. The third kappa shape index (κ3) is 4.30. The average molecular weight is 482 g/mol. The lowest BCUT2D eigenvalue weighted by Gasteiger charge is -2.49. The molecule has 6 nitrogen and oxygen atoms in total. The Kier molecular flexibility index (Phi) is 7.11. The summed E-state index contributed by atoms with van der Waals surface area (Å²) in [5, 5.41) is 25.8. The van der Waals surface area contributed by atoms with E-state index in [0.29, 0.717) is 24.8 Å². The summed E-state index contributed by atoms with van der Waals surface area (Å²) in [4.78, 5) is 28.2. The van der Waals surface area contributed by atoms with Crippen molar-refractivity contribution in [1.29, 1.82) is 0 Å². The van der Waals surface area contributed by atoms with Crippen molar-refractivity contribution in [2.24, 2.45) is 29.1 Å². The second-order valence-electron chi connectivity index (χ2n) is 11.2. The molecule has 1 amide bonds. The number of ketones is 1. The number of carbonyl (C=O) groups is 2. The first-order valence-electron chi connectivity index (χ1n) is 12.7. The van der Waals surface area contributed by atoms with Crippen molar-refractivity contribution < 1.29 is 24.5 Å². The van der Waals surface area contributed by atoms with Crippen molar-refractivity contribution in [3.63, 3.8) is 0 Å². The fraction of sp³-hybridized carbons (Fsp3) is 0.586. The van der Waals surface area contributed by atoms with Gasteiger partial charge in [0.1, 0.15) is 5.41 Å². The van der Waals surface area contributed by atoms with Crippen LogP contribution in [-0.2, 0) is 20.7 Å². The molecule has 35 heavy (non-hydrogen) atoms. The zero-order chi connectivity index (χ0) is 25.5. The van der Waals surface area contributed by atoms with Crippen LogP contribution in [0.3, 0.4) is 0 Å². The summed E-state index contributed by atoms with van der Waals surface area (Å²) < 4.78 is 5.65. The summed E-state index contributed by atoms with van der Waals surface area (Å²) in [6, 6.07) is 9.63. The highest BCUT2D eigenvalue weighted by atomic mass is 16.5. The number of methoxy groups -OCH3 is 1. The van der Waals surface area contributed by atoms with Crippen molar-refractivity contribution in [2.75, 3.05) is 7.11 Å². The Hall–Kier alpha value is -2.28. The van der Waals surface area contributed by atoms with Crippen LogP contribution in [0, 0.1) is 29.1 Å². The smallest absolute Gasteiger partial charge is 0.235 e. The molecule has 3 aliphatic rings. The Labute approximate surface area is 208 Å². The van der Waals surface area contributed by atoms with Crippen LogP contribution in [0.15, 0.2) is 54.6 Å². The summed E-state index contributed by atoms with van der Waals surface area (Å²) >= 11 is 0. The number of aliphatic hydroxyl groups excluding tert-OH is 1. The van der Waals surface area contributed by atoms with Crippen LogP contribution in [0.4, 0.5) is 0 Å². The van der Waals surface area contributed by atoms with Crippen molar-refractivity contribution in [1.82, 2.24) is 5.32 Å². The lowest BCUT2D eigenvalue weighted by Crippen LogP contribution is -2.59. The average Bonchev–Trinajstić information content (AvgIpc) is 3.09. The standard InChI is InChI=1S/C29H39NO5/c1-17-10-9-13-21-26(32)19(3)18(2)25-22(14-20-11-7-6-8-12-20)30-27(33)29(21,25)23(31)15-24(35-5)28(4,34)16-17/h6-9,11-13,17-18,21-22,24-26,32,34H,3,10,14-16H2,1-2,4-5H3,(H,30,33)/b13-9+/t17-,18+,21-,22-,24+,25-,26+,28-,29+/m0/s1. The molecule has 0 unspecified atom stereocenters. The molecule has 1 saturated heterocycles. The maximum absolute atomic E-state index is 14.3. The monoisotopic (exact) mass is 481 g/mol. The fourth-order valence-electron chi connectivity index (χ4n) is 7.02. The molecule has 6 heteroatoms. The first-order chi connectivity index (χ1) is 16.5. The number of hydrogen-bond acceptors (Lipinski definition) is 5. The highest BCUT2D eigenvalue weighted by molar-refractivity contribution is 6.09. The van der Waals surface area contributed by atoms with E-state index in [1.165, 1.54) is 7.11 Å². The number of ether oxygens (including phenoxy) is 1. The number of hydrogen-bond donors (Lipinski definition) is 3. The van der Waals surface area contributed by atoms with Crippen LogP contribution in [0.2, 0.25) is 0 Å². The predicted molar refractivity (Wildman–Crippen MR) is 134 cm³/mol. The third-order valence-electron chi connectivity index (χ3n) is 8.77. The number of nitrogens with one attached hydrogen (secondary N) is 1. The van der Waals surface area contributed by atoms with Gasteiger partial charge in [-0.2, -0.15) is 0 Å². The second kappa shape index (κ2) is 9.64. The van der Waals surface area contributed by atoms with Gasteiger partial charge in [-0.15, -0.1) is 0 Å². The molecule has 4 rings (SSSR count). The van der Waals surface area contributed by atoms with Crippen molar-refractivity contribution in [3.8, 4) is 0 Å². The minimum absolute atomic E-state index is 0.103. The summed E-state index contributed by atoms with van der Waals surface area (Å²) in [6.07, 6.45) is 3.63. The number of benzene rings is 1. The van der Waals surface area contributed by atoms with Gasteiger partial charge in [0.15, 0.2) is 5.78 Å². The van der Waals surface area contributed by atoms with E-state index in [1.54, 1.807) is 6.92 Å². The van der Waals surface area contributed by atoms with Crippen molar-refractivity contribution in [3.05, 3.63) is 60.2 Å². The lowest BCUT2D eigenvalue weighted by atomic mass is 9.51. The van der Waals surface area contributed by atoms with E-state index in [0.717, 1.165) is 5.56 Å². The molecule has 190 valence electrons. The highest BCUT2D eigenvalue weighted by Gasteiger charge is 2.68. The van der Waals surface area contributed by atoms with Gasteiger partial charge < -0.3 is 20.3 Å². The lowest BCUT2D eigenvalue weighted by molar-refractivity contribution is -0.157. The number of allylic oxidation sites excluding steroid dienone is 1. The van der Waals surface area contributed by atoms with Gasteiger partial charge in [-0.05, 0) is 49.2 Å². The van der Waals surface area contributed by atoms with Gasteiger partial charge in [0.05, 0.1) is 17.8 Å². The molecule has 0 aromatic heterocycles. The van der Waals surface area contributed by atoms with Gasteiger partial charge in [0.25, 0.3) is 0 Å². The van der Waals surface area contributed by atoms with Crippen LogP contribution in [-0.4, -0.2) is 52.9 Å². The van der Waals surface area contributed by atoms with Crippen molar-refractivity contribution >= 4 is 11.7 Å². The van der Waals surface area contributed by atoms with E-state index in [1.807, 2.05) is 56.3 Å². The Balaban J connectivity index is 1.85. The molecular formula is C29H39NO5. The number of amides is 1. The molecule has 1 spiro atoms. The summed E-state index contributed by atoms with van der Waals surface area (Å²) in [5.74, 6) is -1.86. The Bertz CT molecular complexity index is 1000. The zero-order valence-corrected chi connectivity index (χ0v) is 21.2. The molecule has 0 radical (unpaired) electrons.